The monoisotopic (exact) mass is 401 g/mol. The van der Waals surface area contributed by atoms with Crippen LogP contribution < -0.4 is 5.73 Å². The summed E-state index contributed by atoms with van der Waals surface area (Å²) < 4.78 is 5.85. The molecule has 5 atom stereocenters. The number of fused-ring (bicyclic) bond motifs is 1. The lowest BCUT2D eigenvalue weighted by atomic mass is 9.74. The molecule has 0 bridgehead atoms. The fourth-order valence-electron chi connectivity index (χ4n) is 3.66. The lowest BCUT2D eigenvalue weighted by molar-refractivity contribution is -0.152. The number of halogens is 2. The van der Waals surface area contributed by atoms with Crippen LogP contribution in [0.15, 0.2) is 28.7 Å². The molecule has 0 aromatic heterocycles. The molecule has 3 rings (SSSR count). The fourth-order valence-corrected chi connectivity index (χ4v) is 3.92. The van der Waals surface area contributed by atoms with Crippen molar-refractivity contribution >= 4 is 40.1 Å². The van der Waals surface area contributed by atoms with Crippen molar-refractivity contribution in [1.29, 1.82) is 0 Å². The molecule has 0 radical (unpaired) electrons. The summed E-state index contributed by atoms with van der Waals surface area (Å²) in [5, 5.41) is 0. The highest BCUT2D eigenvalue weighted by Crippen LogP contribution is 2.54. The van der Waals surface area contributed by atoms with Crippen molar-refractivity contribution in [2.75, 3.05) is 7.11 Å². The molecule has 0 spiro atoms. The molecule has 0 amide bonds. The maximum Gasteiger partial charge on any atom is 0.309 e. The third-order valence-corrected chi connectivity index (χ3v) is 5.60. The Labute approximate surface area is 150 Å². The lowest BCUT2D eigenvalue weighted by Gasteiger charge is -2.30. The number of methoxy groups -OCH3 is 1. The first kappa shape index (κ1) is 18.4. The summed E-state index contributed by atoms with van der Waals surface area (Å²) in [6, 6.07) is 6.77. The van der Waals surface area contributed by atoms with E-state index in [0.717, 1.165) is 29.3 Å². The van der Waals surface area contributed by atoms with Crippen LogP contribution >= 0.6 is 28.3 Å². The van der Waals surface area contributed by atoms with Gasteiger partial charge in [0.25, 0.3) is 0 Å². The number of benzene rings is 1. The van der Waals surface area contributed by atoms with Crippen LogP contribution in [0.5, 0.6) is 0 Å². The van der Waals surface area contributed by atoms with Crippen molar-refractivity contribution in [2.24, 2.45) is 29.4 Å². The van der Waals surface area contributed by atoms with Gasteiger partial charge >= 0.3 is 5.97 Å². The largest absolute Gasteiger partial charge is 0.469 e. The minimum absolute atomic E-state index is 0. The van der Waals surface area contributed by atoms with Crippen molar-refractivity contribution < 1.29 is 14.3 Å². The van der Waals surface area contributed by atoms with Crippen LogP contribution in [0.25, 0.3) is 0 Å². The minimum atomic E-state index is -0.680. The molecule has 1 aromatic carbocycles. The van der Waals surface area contributed by atoms with Gasteiger partial charge in [0.2, 0.25) is 0 Å². The fraction of sp³-hybridized carbons (Fsp3) is 0.529. The average Bonchev–Trinajstić information content (AvgIpc) is 3.30. The van der Waals surface area contributed by atoms with Crippen LogP contribution in [-0.4, -0.2) is 18.9 Å². The van der Waals surface area contributed by atoms with Gasteiger partial charge in [-0.1, -0.05) is 28.1 Å². The molecule has 0 aliphatic heterocycles. The quantitative estimate of drug-likeness (QED) is 0.785. The molecule has 2 N–H and O–H groups in total. The van der Waals surface area contributed by atoms with E-state index < -0.39 is 6.04 Å². The Hall–Kier alpha value is -0.910. The van der Waals surface area contributed by atoms with Gasteiger partial charge in [0.1, 0.15) is 0 Å². The van der Waals surface area contributed by atoms with Crippen molar-refractivity contribution in [3.05, 3.63) is 34.3 Å². The van der Waals surface area contributed by atoms with E-state index >= 15 is 0 Å². The van der Waals surface area contributed by atoms with Gasteiger partial charge in [0.05, 0.1) is 19.1 Å². The molecule has 2 aliphatic rings. The molecule has 6 heteroatoms. The predicted molar refractivity (Wildman–Crippen MR) is 93.2 cm³/mol. The summed E-state index contributed by atoms with van der Waals surface area (Å²) in [7, 11) is 1.39. The van der Waals surface area contributed by atoms with Crippen molar-refractivity contribution in [3.63, 3.8) is 0 Å². The Morgan fingerprint density at radius 1 is 1.13 bits per heavy atom. The van der Waals surface area contributed by atoms with Crippen LogP contribution in [0.3, 0.4) is 0 Å². The molecule has 4 nitrogen and oxygen atoms in total. The normalized spacial score (nSPS) is 29.7. The van der Waals surface area contributed by atoms with Crippen LogP contribution in [0.2, 0.25) is 0 Å². The predicted octanol–water partition coefficient (Wildman–Crippen LogP) is 3.28. The molecule has 0 saturated heterocycles. The molecular weight excluding hydrogens is 382 g/mol. The first-order chi connectivity index (χ1) is 10.5. The summed E-state index contributed by atoms with van der Waals surface area (Å²) >= 11 is 3.37. The van der Waals surface area contributed by atoms with Crippen LogP contribution in [0.4, 0.5) is 0 Å². The maximum absolute atomic E-state index is 12.8. The van der Waals surface area contributed by atoms with Gasteiger partial charge in [-0.15, -0.1) is 12.4 Å². The Kier molecular flexibility index (Phi) is 5.87. The van der Waals surface area contributed by atoms with Crippen molar-refractivity contribution in [2.45, 2.75) is 25.3 Å². The number of nitrogens with two attached hydrogens (primary N) is 1. The van der Waals surface area contributed by atoms with Gasteiger partial charge in [0, 0.05) is 10.4 Å². The maximum atomic E-state index is 12.8. The zero-order chi connectivity index (χ0) is 15.9. The summed E-state index contributed by atoms with van der Waals surface area (Å²) in [6.07, 6.45) is 2.67. The number of esters is 1. The third kappa shape index (κ3) is 3.78. The highest BCUT2D eigenvalue weighted by Gasteiger charge is 2.51. The van der Waals surface area contributed by atoms with E-state index in [1.807, 2.05) is 24.3 Å². The van der Waals surface area contributed by atoms with E-state index in [0.29, 0.717) is 11.8 Å². The van der Waals surface area contributed by atoms with Gasteiger partial charge in [-0.05, 0) is 48.8 Å². The number of carbonyl (C=O) groups excluding carboxylic acids is 2. The van der Waals surface area contributed by atoms with Gasteiger partial charge in [-0.3, -0.25) is 9.59 Å². The molecule has 23 heavy (non-hydrogen) atoms. The second-order valence-corrected chi connectivity index (χ2v) is 7.31. The Morgan fingerprint density at radius 2 is 1.70 bits per heavy atom. The molecule has 2 fully saturated rings. The minimum Gasteiger partial charge on any atom is -0.469 e. The van der Waals surface area contributed by atoms with E-state index in [2.05, 4.69) is 15.9 Å². The lowest BCUT2D eigenvalue weighted by Crippen LogP contribution is -2.39. The van der Waals surface area contributed by atoms with E-state index in [1.54, 1.807) is 0 Å². The van der Waals surface area contributed by atoms with Gasteiger partial charge < -0.3 is 10.5 Å². The molecule has 3 unspecified atom stereocenters. The molecule has 0 heterocycles. The number of ketones is 1. The van der Waals surface area contributed by atoms with Crippen LogP contribution in [-0.2, 0) is 14.3 Å². The number of rotatable bonds is 4. The summed E-state index contributed by atoms with van der Waals surface area (Å²) in [6.45, 7) is 0. The summed E-state index contributed by atoms with van der Waals surface area (Å²) in [4.78, 5) is 24.9. The number of Topliss-reactive ketones (excluding diaryl/α,β-unsaturated/α-hetero) is 1. The smallest absolute Gasteiger partial charge is 0.309 e. The van der Waals surface area contributed by atoms with Gasteiger partial charge in [-0.2, -0.15) is 0 Å². The Balaban J connectivity index is 0.00000192. The number of hydrogen-bond donors (Lipinski definition) is 1. The highest BCUT2D eigenvalue weighted by molar-refractivity contribution is 9.10. The first-order valence-corrected chi connectivity index (χ1v) is 8.43. The van der Waals surface area contributed by atoms with E-state index in [-0.39, 0.29) is 36.0 Å². The third-order valence-electron chi connectivity index (χ3n) is 5.07. The summed E-state index contributed by atoms with van der Waals surface area (Å²) in [5.41, 5.74) is 6.95. The SMILES string of the molecule is COC(=O)[C@@H]1CC2CC2C[C@H]1C(=O)C(N)c1ccc(Br)cc1.Cl. The molecule has 2 saturated carbocycles. The van der Waals surface area contributed by atoms with Crippen molar-refractivity contribution in [3.8, 4) is 0 Å². The molecule has 1 aromatic rings. The molecule has 126 valence electrons. The van der Waals surface area contributed by atoms with Gasteiger partial charge in [-0.25, -0.2) is 0 Å². The highest BCUT2D eigenvalue weighted by atomic mass is 79.9. The Morgan fingerprint density at radius 3 is 2.26 bits per heavy atom. The number of hydrogen-bond acceptors (Lipinski definition) is 4. The number of ether oxygens (including phenoxy) is 1. The molecular formula is C17H21BrClNO3. The van der Waals surface area contributed by atoms with E-state index in [9.17, 15) is 9.59 Å². The Bertz CT molecular complexity index is 592. The second-order valence-electron chi connectivity index (χ2n) is 6.40. The second kappa shape index (κ2) is 7.32. The zero-order valence-electron chi connectivity index (χ0n) is 12.9. The zero-order valence-corrected chi connectivity index (χ0v) is 15.3. The van der Waals surface area contributed by atoms with Crippen molar-refractivity contribution in [1.82, 2.24) is 0 Å². The van der Waals surface area contributed by atoms with E-state index in [1.165, 1.54) is 7.11 Å². The van der Waals surface area contributed by atoms with Crippen LogP contribution in [0.1, 0.15) is 30.9 Å². The molecule has 2 aliphatic carbocycles. The van der Waals surface area contributed by atoms with E-state index in [4.69, 9.17) is 10.5 Å². The van der Waals surface area contributed by atoms with Gasteiger partial charge in [0.15, 0.2) is 5.78 Å². The van der Waals surface area contributed by atoms with Crippen LogP contribution in [0, 0.1) is 23.7 Å². The average molecular weight is 403 g/mol. The number of carbonyl (C=O) groups is 2. The standard InChI is InChI=1S/C17H20BrNO3.ClH/c1-22-17(21)14-8-11-6-10(11)7-13(14)16(20)15(19)9-2-4-12(18)5-3-9;/h2-5,10-11,13-15H,6-8,19H2,1H3;1H/t10?,11?,13-,14-,15?;/m1./s1. The topological polar surface area (TPSA) is 69.4 Å². The summed E-state index contributed by atoms with van der Waals surface area (Å²) in [5.74, 6) is 0.233. The first-order valence-electron chi connectivity index (χ1n) is 7.64.